The molecule has 5 nitrogen and oxygen atoms in total. The second-order valence-electron chi connectivity index (χ2n) is 6.75. The van der Waals surface area contributed by atoms with Gasteiger partial charge >= 0.3 is 6.18 Å². The fourth-order valence-electron chi connectivity index (χ4n) is 3.13. The number of benzene rings is 3. The van der Waals surface area contributed by atoms with Crippen molar-refractivity contribution >= 4 is 22.9 Å². The standard InChI is InChI=1S/C23H18F3N3O2S/c1-27-32-18-9-10-21(31-17-7-5-16(6-8-17)23(24,25)26)19(13-18)14-3-4-15-12-22(30-2)29-28-20(15)11-14/h3-13,27H,1-2H3. The summed E-state index contributed by atoms with van der Waals surface area (Å²) in [6.07, 6.45) is -4.40. The molecule has 0 saturated carbocycles. The summed E-state index contributed by atoms with van der Waals surface area (Å²) in [7, 11) is 3.34. The molecular formula is C23H18F3N3O2S. The van der Waals surface area contributed by atoms with Crippen LogP contribution in [-0.4, -0.2) is 24.4 Å². The molecule has 32 heavy (non-hydrogen) atoms. The Bertz CT molecular complexity index is 1250. The zero-order valence-corrected chi connectivity index (χ0v) is 17.9. The Kier molecular flexibility index (Phi) is 6.20. The summed E-state index contributed by atoms with van der Waals surface area (Å²) in [6, 6.07) is 17.7. The van der Waals surface area contributed by atoms with Gasteiger partial charge in [0.2, 0.25) is 5.88 Å². The van der Waals surface area contributed by atoms with Crippen LogP contribution in [0, 0.1) is 0 Å². The van der Waals surface area contributed by atoms with Crippen LogP contribution >= 0.6 is 11.9 Å². The van der Waals surface area contributed by atoms with Crippen molar-refractivity contribution < 1.29 is 22.6 Å². The number of halogens is 3. The van der Waals surface area contributed by atoms with Gasteiger partial charge in [-0.2, -0.15) is 13.2 Å². The number of hydrogen-bond donors (Lipinski definition) is 1. The predicted molar refractivity (Wildman–Crippen MR) is 118 cm³/mol. The van der Waals surface area contributed by atoms with Crippen LogP contribution in [0.4, 0.5) is 13.2 Å². The summed E-state index contributed by atoms with van der Waals surface area (Å²) in [5.41, 5.74) is 1.55. The molecule has 3 aromatic carbocycles. The molecule has 0 aliphatic rings. The van der Waals surface area contributed by atoms with Crippen molar-refractivity contribution in [1.29, 1.82) is 0 Å². The third kappa shape index (κ3) is 4.79. The minimum Gasteiger partial charge on any atom is -0.480 e. The highest BCUT2D eigenvalue weighted by Gasteiger charge is 2.30. The van der Waals surface area contributed by atoms with Gasteiger partial charge in [0.25, 0.3) is 0 Å². The largest absolute Gasteiger partial charge is 0.480 e. The minimum absolute atomic E-state index is 0.304. The van der Waals surface area contributed by atoms with Crippen molar-refractivity contribution in [2.75, 3.05) is 14.2 Å². The number of nitrogens with zero attached hydrogens (tertiary/aromatic N) is 2. The van der Waals surface area contributed by atoms with E-state index in [0.29, 0.717) is 22.9 Å². The number of alkyl halides is 3. The van der Waals surface area contributed by atoms with Crippen LogP contribution in [0.25, 0.3) is 22.0 Å². The Morgan fingerprint density at radius 2 is 1.69 bits per heavy atom. The maximum absolute atomic E-state index is 12.9. The molecule has 0 spiro atoms. The Balaban J connectivity index is 1.73. The van der Waals surface area contributed by atoms with Crippen molar-refractivity contribution in [3.63, 3.8) is 0 Å². The van der Waals surface area contributed by atoms with Gasteiger partial charge in [0.05, 0.1) is 18.2 Å². The van der Waals surface area contributed by atoms with Crippen LogP contribution in [0.3, 0.4) is 0 Å². The van der Waals surface area contributed by atoms with E-state index in [2.05, 4.69) is 14.9 Å². The van der Waals surface area contributed by atoms with Gasteiger partial charge in [-0.05, 0) is 73.1 Å². The molecule has 0 radical (unpaired) electrons. The topological polar surface area (TPSA) is 56.3 Å². The lowest BCUT2D eigenvalue weighted by Gasteiger charge is -2.14. The van der Waals surface area contributed by atoms with E-state index in [1.807, 2.05) is 37.4 Å². The summed E-state index contributed by atoms with van der Waals surface area (Å²) < 4.78 is 52.7. The lowest BCUT2D eigenvalue weighted by Crippen LogP contribution is -2.04. The molecule has 164 valence electrons. The highest BCUT2D eigenvalue weighted by atomic mass is 32.2. The quantitative estimate of drug-likeness (QED) is 0.341. The van der Waals surface area contributed by atoms with Gasteiger partial charge in [-0.15, -0.1) is 10.2 Å². The number of aromatic nitrogens is 2. The van der Waals surface area contributed by atoms with E-state index >= 15 is 0 Å². The molecule has 0 amide bonds. The predicted octanol–water partition coefficient (Wildman–Crippen LogP) is 6.34. The number of methoxy groups -OCH3 is 1. The highest BCUT2D eigenvalue weighted by molar-refractivity contribution is 7.97. The molecule has 0 saturated heterocycles. The van der Waals surface area contributed by atoms with E-state index in [1.54, 1.807) is 12.1 Å². The van der Waals surface area contributed by atoms with Gasteiger partial charge in [0.15, 0.2) is 0 Å². The second kappa shape index (κ2) is 9.05. The molecule has 4 rings (SSSR count). The van der Waals surface area contributed by atoms with Gasteiger partial charge in [-0.1, -0.05) is 12.1 Å². The Labute approximate surface area is 186 Å². The molecular weight excluding hydrogens is 439 g/mol. The van der Waals surface area contributed by atoms with E-state index in [1.165, 1.54) is 31.2 Å². The summed E-state index contributed by atoms with van der Waals surface area (Å²) in [5.74, 6) is 1.23. The Morgan fingerprint density at radius 3 is 2.38 bits per heavy atom. The van der Waals surface area contributed by atoms with Crippen LogP contribution in [0.2, 0.25) is 0 Å². The van der Waals surface area contributed by atoms with E-state index in [-0.39, 0.29) is 0 Å². The zero-order chi connectivity index (χ0) is 22.7. The van der Waals surface area contributed by atoms with Crippen molar-refractivity contribution in [3.8, 4) is 28.5 Å². The van der Waals surface area contributed by atoms with E-state index < -0.39 is 11.7 Å². The summed E-state index contributed by atoms with van der Waals surface area (Å²) in [6.45, 7) is 0. The van der Waals surface area contributed by atoms with Gasteiger partial charge < -0.3 is 9.47 Å². The first kappa shape index (κ1) is 21.9. The molecule has 0 atom stereocenters. The van der Waals surface area contributed by atoms with Crippen LogP contribution in [0.1, 0.15) is 5.56 Å². The Morgan fingerprint density at radius 1 is 0.906 bits per heavy atom. The molecule has 0 unspecified atom stereocenters. The summed E-state index contributed by atoms with van der Waals surface area (Å²) in [5, 5.41) is 9.09. The van der Waals surface area contributed by atoms with Gasteiger partial charge in [-0.3, -0.25) is 4.72 Å². The van der Waals surface area contributed by atoms with Crippen molar-refractivity contribution in [3.05, 3.63) is 72.3 Å². The number of rotatable bonds is 6. The zero-order valence-electron chi connectivity index (χ0n) is 17.1. The fourth-order valence-corrected chi connectivity index (χ4v) is 3.68. The number of hydrogen-bond acceptors (Lipinski definition) is 6. The number of nitrogens with one attached hydrogen (secondary N) is 1. The lowest BCUT2D eigenvalue weighted by atomic mass is 10.0. The average molecular weight is 457 g/mol. The van der Waals surface area contributed by atoms with Crippen LogP contribution < -0.4 is 14.2 Å². The minimum atomic E-state index is -4.40. The molecule has 0 bridgehead atoms. The van der Waals surface area contributed by atoms with E-state index in [4.69, 9.17) is 9.47 Å². The fraction of sp³-hybridized carbons (Fsp3) is 0.130. The first-order valence-corrected chi connectivity index (χ1v) is 10.3. The van der Waals surface area contributed by atoms with Gasteiger partial charge in [0, 0.05) is 21.9 Å². The second-order valence-corrected chi connectivity index (χ2v) is 7.83. The third-order valence-electron chi connectivity index (χ3n) is 4.67. The molecule has 1 heterocycles. The first-order valence-electron chi connectivity index (χ1n) is 9.52. The maximum Gasteiger partial charge on any atom is 0.416 e. The number of ether oxygens (including phenoxy) is 2. The van der Waals surface area contributed by atoms with Crippen LogP contribution in [0.5, 0.6) is 17.4 Å². The average Bonchev–Trinajstić information content (AvgIpc) is 2.79. The molecule has 1 aromatic heterocycles. The Hall–Kier alpha value is -3.30. The monoisotopic (exact) mass is 457 g/mol. The van der Waals surface area contributed by atoms with Gasteiger partial charge in [0.1, 0.15) is 11.5 Å². The van der Waals surface area contributed by atoms with E-state index in [9.17, 15) is 13.2 Å². The van der Waals surface area contributed by atoms with Gasteiger partial charge in [-0.25, -0.2) is 0 Å². The lowest BCUT2D eigenvalue weighted by molar-refractivity contribution is -0.137. The van der Waals surface area contributed by atoms with Crippen molar-refractivity contribution in [1.82, 2.24) is 14.9 Å². The van der Waals surface area contributed by atoms with Crippen LogP contribution in [-0.2, 0) is 6.18 Å². The summed E-state index contributed by atoms with van der Waals surface area (Å²) in [4.78, 5) is 0.947. The van der Waals surface area contributed by atoms with Crippen molar-refractivity contribution in [2.24, 2.45) is 0 Å². The van der Waals surface area contributed by atoms with Crippen LogP contribution in [0.15, 0.2) is 71.6 Å². The normalized spacial score (nSPS) is 11.5. The molecule has 1 N–H and O–H groups in total. The molecule has 0 fully saturated rings. The van der Waals surface area contributed by atoms with E-state index in [0.717, 1.165) is 33.5 Å². The molecule has 4 aromatic rings. The third-order valence-corrected chi connectivity index (χ3v) is 5.36. The SMILES string of the molecule is CNSc1ccc(Oc2ccc(C(F)(F)F)cc2)c(-c2ccc3cc(OC)nnc3c2)c1. The molecule has 9 heteroatoms. The molecule has 0 aliphatic carbocycles. The first-order chi connectivity index (χ1) is 15.4. The number of fused-ring (bicyclic) bond motifs is 1. The maximum atomic E-state index is 12.9. The molecule has 0 aliphatic heterocycles. The highest BCUT2D eigenvalue weighted by Crippen LogP contribution is 2.38. The smallest absolute Gasteiger partial charge is 0.416 e. The summed E-state index contributed by atoms with van der Waals surface area (Å²) >= 11 is 1.44. The van der Waals surface area contributed by atoms with Crippen molar-refractivity contribution in [2.45, 2.75) is 11.1 Å².